The number of sulfonamides is 1. The van der Waals surface area contributed by atoms with Crippen molar-refractivity contribution in [2.24, 2.45) is 10.1 Å². The molecule has 0 radical (unpaired) electrons. The Bertz CT molecular complexity index is 800. The zero-order valence-corrected chi connectivity index (χ0v) is 12.1. The maximum Gasteiger partial charge on any atom is 0.285 e. The summed E-state index contributed by atoms with van der Waals surface area (Å²) < 4.78 is 27.6. The van der Waals surface area contributed by atoms with E-state index in [-0.39, 0.29) is 4.90 Å². The number of anilines is 1. The molecular weight excluding hydrogens is 286 g/mol. The van der Waals surface area contributed by atoms with Gasteiger partial charge in [-0.2, -0.15) is 8.42 Å². The molecule has 0 saturated carbocycles. The molecule has 0 aromatic heterocycles. The Balaban J connectivity index is 2.01. The molecule has 108 valence electrons. The number of fused-ring (bicyclic) bond motifs is 1. The van der Waals surface area contributed by atoms with Gasteiger partial charge in [-0.1, -0.05) is 36.4 Å². The molecule has 2 aromatic rings. The fourth-order valence-corrected chi connectivity index (χ4v) is 3.42. The van der Waals surface area contributed by atoms with E-state index in [1.807, 2.05) is 35.2 Å². The first-order chi connectivity index (χ1) is 10.1. The summed E-state index contributed by atoms with van der Waals surface area (Å²) in [4.78, 5) is 2.06. The highest BCUT2D eigenvalue weighted by atomic mass is 32.2. The summed E-state index contributed by atoms with van der Waals surface area (Å²) in [5, 5.41) is 0. The second kappa shape index (κ2) is 5.31. The van der Waals surface area contributed by atoms with Crippen LogP contribution in [0.4, 0.5) is 5.69 Å². The summed E-state index contributed by atoms with van der Waals surface area (Å²) in [5.74, 6) is 0. The SMILES string of the molecule is NCc1ccccc1CN1C=NS(=O)(=O)c2ccccc21. The van der Waals surface area contributed by atoms with Crippen molar-refractivity contribution in [3.8, 4) is 0 Å². The Hall–Kier alpha value is -2.18. The first-order valence-corrected chi connectivity index (χ1v) is 7.99. The van der Waals surface area contributed by atoms with E-state index in [1.165, 1.54) is 6.34 Å². The molecule has 2 N–H and O–H groups in total. The van der Waals surface area contributed by atoms with Crippen LogP contribution in [0.3, 0.4) is 0 Å². The Kier molecular flexibility index (Phi) is 3.48. The first-order valence-electron chi connectivity index (χ1n) is 6.55. The fourth-order valence-electron chi connectivity index (χ4n) is 2.37. The first kappa shape index (κ1) is 13.8. The Morgan fingerprint density at radius 2 is 1.67 bits per heavy atom. The van der Waals surface area contributed by atoms with Crippen LogP contribution in [0.5, 0.6) is 0 Å². The summed E-state index contributed by atoms with van der Waals surface area (Å²) in [6.45, 7) is 0.977. The molecule has 1 aliphatic rings. The minimum absolute atomic E-state index is 0.234. The second-order valence-electron chi connectivity index (χ2n) is 4.76. The average molecular weight is 301 g/mol. The highest BCUT2D eigenvalue weighted by molar-refractivity contribution is 7.90. The van der Waals surface area contributed by atoms with Gasteiger partial charge in [-0.3, -0.25) is 0 Å². The molecule has 21 heavy (non-hydrogen) atoms. The molecule has 0 aliphatic carbocycles. The molecule has 0 amide bonds. The van der Waals surface area contributed by atoms with Crippen LogP contribution in [0.1, 0.15) is 11.1 Å². The smallest absolute Gasteiger partial charge is 0.285 e. The van der Waals surface area contributed by atoms with E-state index in [1.54, 1.807) is 18.2 Å². The summed E-state index contributed by atoms with van der Waals surface area (Å²) in [5.41, 5.74) is 8.48. The van der Waals surface area contributed by atoms with E-state index in [2.05, 4.69) is 4.40 Å². The van der Waals surface area contributed by atoms with Crippen molar-refractivity contribution in [1.29, 1.82) is 0 Å². The molecule has 0 atom stereocenters. The van der Waals surface area contributed by atoms with Gasteiger partial charge in [0.15, 0.2) is 0 Å². The van der Waals surface area contributed by atoms with Gasteiger partial charge in [-0.25, -0.2) is 0 Å². The standard InChI is InChI=1S/C15H15N3O2S/c16-9-12-5-1-2-6-13(12)10-18-11-17-21(19,20)15-8-4-3-7-14(15)18/h1-8,11H,9-10,16H2. The maximum absolute atomic E-state index is 11.9. The lowest BCUT2D eigenvalue weighted by Crippen LogP contribution is -2.27. The number of nitrogens with two attached hydrogens (primary N) is 1. The van der Waals surface area contributed by atoms with E-state index in [4.69, 9.17) is 5.73 Å². The Labute approximate surface area is 123 Å². The fraction of sp³-hybridized carbons (Fsp3) is 0.133. The maximum atomic E-state index is 11.9. The number of hydrogen-bond acceptors (Lipinski definition) is 4. The predicted octanol–water partition coefficient (Wildman–Crippen LogP) is 1.88. The number of para-hydroxylation sites is 1. The molecule has 0 unspecified atom stereocenters. The summed E-state index contributed by atoms with van der Waals surface area (Å²) in [7, 11) is -3.58. The van der Waals surface area contributed by atoms with E-state index in [9.17, 15) is 8.42 Å². The highest BCUT2D eigenvalue weighted by Gasteiger charge is 2.24. The van der Waals surface area contributed by atoms with Gasteiger partial charge in [-0.15, -0.1) is 4.40 Å². The van der Waals surface area contributed by atoms with E-state index in [0.29, 0.717) is 18.8 Å². The minimum Gasteiger partial charge on any atom is -0.326 e. The van der Waals surface area contributed by atoms with Crippen LogP contribution in [0.2, 0.25) is 0 Å². The highest BCUT2D eigenvalue weighted by Crippen LogP contribution is 2.30. The van der Waals surface area contributed by atoms with Crippen LogP contribution in [-0.4, -0.2) is 14.8 Å². The van der Waals surface area contributed by atoms with E-state index in [0.717, 1.165) is 11.1 Å². The lowest BCUT2D eigenvalue weighted by Gasteiger charge is -2.25. The van der Waals surface area contributed by atoms with Gasteiger partial charge in [-0.05, 0) is 23.3 Å². The molecule has 0 spiro atoms. The molecule has 1 heterocycles. The van der Waals surface area contributed by atoms with Crippen LogP contribution in [0.15, 0.2) is 57.8 Å². The molecule has 0 fully saturated rings. The van der Waals surface area contributed by atoms with Crippen molar-refractivity contribution in [3.05, 3.63) is 59.7 Å². The summed E-state index contributed by atoms with van der Waals surface area (Å²) in [6.07, 6.45) is 1.37. The van der Waals surface area contributed by atoms with Gasteiger partial charge in [0, 0.05) is 13.1 Å². The quantitative estimate of drug-likeness (QED) is 0.939. The zero-order chi connectivity index (χ0) is 14.9. The monoisotopic (exact) mass is 301 g/mol. The third-order valence-corrected chi connectivity index (χ3v) is 4.73. The van der Waals surface area contributed by atoms with Gasteiger partial charge in [0.2, 0.25) is 0 Å². The third-order valence-electron chi connectivity index (χ3n) is 3.46. The number of benzene rings is 2. The van der Waals surface area contributed by atoms with Gasteiger partial charge in [0.1, 0.15) is 11.2 Å². The van der Waals surface area contributed by atoms with Crippen LogP contribution >= 0.6 is 0 Å². The van der Waals surface area contributed by atoms with Gasteiger partial charge >= 0.3 is 0 Å². The van der Waals surface area contributed by atoms with Crippen molar-refractivity contribution in [2.45, 2.75) is 18.0 Å². The topological polar surface area (TPSA) is 75.8 Å². The molecule has 6 heteroatoms. The summed E-state index contributed by atoms with van der Waals surface area (Å²) >= 11 is 0. The largest absolute Gasteiger partial charge is 0.326 e. The third kappa shape index (κ3) is 2.55. The number of nitrogens with zero attached hydrogens (tertiary/aromatic N) is 2. The van der Waals surface area contributed by atoms with Crippen molar-refractivity contribution >= 4 is 22.0 Å². The number of rotatable bonds is 3. The molecule has 0 saturated heterocycles. The molecule has 5 nitrogen and oxygen atoms in total. The van der Waals surface area contributed by atoms with Crippen molar-refractivity contribution < 1.29 is 8.42 Å². The molecule has 3 rings (SSSR count). The molecule has 2 aromatic carbocycles. The lowest BCUT2D eigenvalue weighted by atomic mass is 10.1. The predicted molar refractivity (Wildman–Crippen MR) is 82.6 cm³/mol. The van der Waals surface area contributed by atoms with Crippen molar-refractivity contribution in [1.82, 2.24) is 0 Å². The molecule has 1 aliphatic heterocycles. The van der Waals surface area contributed by atoms with Crippen LogP contribution in [0, 0.1) is 0 Å². The summed E-state index contributed by atoms with van der Waals surface area (Å²) in [6, 6.07) is 14.7. The van der Waals surface area contributed by atoms with Crippen LogP contribution in [-0.2, 0) is 23.1 Å². The van der Waals surface area contributed by atoms with Crippen molar-refractivity contribution in [3.63, 3.8) is 0 Å². The Morgan fingerprint density at radius 1 is 1.00 bits per heavy atom. The zero-order valence-electron chi connectivity index (χ0n) is 11.3. The average Bonchev–Trinajstić information content (AvgIpc) is 2.51. The van der Waals surface area contributed by atoms with Gasteiger partial charge in [0.25, 0.3) is 10.0 Å². The second-order valence-corrected chi connectivity index (χ2v) is 6.37. The Morgan fingerprint density at radius 3 is 2.43 bits per heavy atom. The normalized spacial score (nSPS) is 15.8. The van der Waals surface area contributed by atoms with E-state index >= 15 is 0 Å². The minimum atomic E-state index is -3.58. The van der Waals surface area contributed by atoms with Crippen LogP contribution < -0.4 is 10.6 Å². The molecular formula is C15H15N3O2S. The van der Waals surface area contributed by atoms with Gasteiger partial charge < -0.3 is 10.6 Å². The lowest BCUT2D eigenvalue weighted by molar-refractivity contribution is 0.597. The van der Waals surface area contributed by atoms with E-state index < -0.39 is 10.0 Å². The molecule has 0 bridgehead atoms. The van der Waals surface area contributed by atoms with Crippen LogP contribution in [0.25, 0.3) is 0 Å². The van der Waals surface area contributed by atoms with Crippen molar-refractivity contribution in [2.75, 3.05) is 4.90 Å². The number of hydrogen-bond donors (Lipinski definition) is 1. The van der Waals surface area contributed by atoms with Gasteiger partial charge in [0.05, 0.1) is 5.69 Å².